The van der Waals surface area contributed by atoms with Crippen LogP contribution in [0.2, 0.25) is 0 Å². The maximum absolute atomic E-state index is 12.8. The lowest BCUT2D eigenvalue weighted by molar-refractivity contribution is -0.274. The molecule has 0 bridgehead atoms. The van der Waals surface area contributed by atoms with E-state index in [0.717, 1.165) is 30.0 Å². The van der Waals surface area contributed by atoms with Crippen LogP contribution in [0.3, 0.4) is 0 Å². The van der Waals surface area contributed by atoms with Gasteiger partial charge in [0.15, 0.2) is 5.69 Å². The van der Waals surface area contributed by atoms with Gasteiger partial charge in [0, 0.05) is 32.4 Å². The van der Waals surface area contributed by atoms with E-state index < -0.39 is 22.1 Å². The zero-order valence-corrected chi connectivity index (χ0v) is 18.0. The number of alkyl halides is 3. The van der Waals surface area contributed by atoms with E-state index in [2.05, 4.69) is 9.84 Å². The first-order valence-corrected chi connectivity index (χ1v) is 11.3. The minimum Gasteiger partial charge on any atom is -0.406 e. The molecular formula is C21H19F3N4O4S. The van der Waals surface area contributed by atoms with Gasteiger partial charge < -0.3 is 9.64 Å². The van der Waals surface area contributed by atoms with Crippen LogP contribution in [0.15, 0.2) is 71.8 Å². The summed E-state index contributed by atoms with van der Waals surface area (Å²) in [5.41, 5.74) is 1.05. The maximum Gasteiger partial charge on any atom is 0.573 e. The van der Waals surface area contributed by atoms with Crippen molar-refractivity contribution in [3.8, 4) is 11.4 Å². The molecule has 0 spiro atoms. The van der Waals surface area contributed by atoms with Crippen molar-refractivity contribution in [3.05, 3.63) is 72.6 Å². The molecule has 8 nitrogen and oxygen atoms in total. The number of carbonyl (C=O) groups excluding carboxylic acids is 1. The molecule has 0 N–H and O–H groups in total. The van der Waals surface area contributed by atoms with Crippen molar-refractivity contribution in [3.63, 3.8) is 0 Å². The topological polar surface area (TPSA) is 84.7 Å². The Morgan fingerprint density at radius 2 is 1.55 bits per heavy atom. The second-order valence-corrected chi connectivity index (χ2v) is 9.13. The number of ether oxygens (including phenoxy) is 1. The zero-order chi connectivity index (χ0) is 23.6. The molecule has 4 rings (SSSR count). The van der Waals surface area contributed by atoms with Gasteiger partial charge in [-0.2, -0.15) is 9.40 Å². The zero-order valence-electron chi connectivity index (χ0n) is 17.1. The highest BCUT2D eigenvalue weighted by molar-refractivity contribution is 7.89. The number of rotatable bonds is 5. The molecule has 1 aliphatic rings. The van der Waals surface area contributed by atoms with E-state index >= 15 is 0 Å². The van der Waals surface area contributed by atoms with Crippen LogP contribution in [0.4, 0.5) is 13.2 Å². The number of carbonyl (C=O) groups is 1. The molecule has 0 unspecified atom stereocenters. The van der Waals surface area contributed by atoms with Crippen molar-refractivity contribution in [1.29, 1.82) is 0 Å². The van der Waals surface area contributed by atoms with E-state index in [1.807, 2.05) is 30.3 Å². The second kappa shape index (κ2) is 8.87. The first-order valence-electron chi connectivity index (χ1n) is 9.90. The van der Waals surface area contributed by atoms with Crippen LogP contribution in [-0.4, -0.2) is 65.9 Å². The number of aromatic nitrogens is 2. The molecular weight excluding hydrogens is 461 g/mol. The highest BCUT2D eigenvalue weighted by Gasteiger charge is 2.33. The van der Waals surface area contributed by atoms with Gasteiger partial charge in [0.1, 0.15) is 5.75 Å². The van der Waals surface area contributed by atoms with Crippen molar-refractivity contribution < 1.29 is 31.1 Å². The Bertz CT molecular complexity index is 1220. The van der Waals surface area contributed by atoms with Gasteiger partial charge in [0.25, 0.3) is 5.91 Å². The van der Waals surface area contributed by atoms with Gasteiger partial charge in [-0.3, -0.25) is 4.79 Å². The number of hydrogen-bond acceptors (Lipinski definition) is 5. The summed E-state index contributed by atoms with van der Waals surface area (Å²) in [6, 6.07) is 14.9. The third kappa shape index (κ3) is 5.17. The largest absolute Gasteiger partial charge is 0.573 e. The fourth-order valence-electron chi connectivity index (χ4n) is 3.42. The van der Waals surface area contributed by atoms with Crippen LogP contribution in [0.1, 0.15) is 10.5 Å². The molecule has 3 aromatic rings. The lowest BCUT2D eigenvalue weighted by Crippen LogP contribution is -2.50. The van der Waals surface area contributed by atoms with E-state index in [4.69, 9.17) is 0 Å². The molecule has 174 valence electrons. The maximum atomic E-state index is 12.8. The van der Waals surface area contributed by atoms with Crippen LogP contribution < -0.4 is 4.74 Å². The van der Waals surface area contributed by atoms with Gasteiger partial charge >= 0.3 is 6.36 Å². The lowest BCUT2D eigenvalue weighted by atomic mass is 10.3. The third-order valence-corrected chi connectivity index (χ3v) is 6.96. The predicted molar refractivity (Wildman–Crippen MR) is 111 cm³/mol. The number of benzene rings is 2. The van der Waals surface area contributed by atoms with Gasteiger partial charge in [-0.15, -0.1) is 13.2 Å². The van der Waals surface area contributed by atoms with E-state index in [0.29, 0.717) is 0 Å². The minimum absolute atomic E-state index is 0.0499. The fraction of sp³-hybridized carbons (Fsp3) is 0.238. The van der Waals surface area contributed by atoms with Crippen molar-refractivity contribution in [2.75, 3.05) is 26.2 Å². The molecule has 2 heterocycles. The number of hydrogen-bond donors (Lipinski definition) is 0. The Hall–Kier alpha value is -3.38. The molecule has 1 aromatic heterocycles. The smallest absolute Gasteiger partial charge is 0.406 e. The summed E-state index contributed by atoms with van der Waals surface area (Å²) in [5, 5.41) is 4.31. The molecule has 1 amide bonds. The monoisotopic (exact) mass is 480 g/mol. The SMILES string of the molecule is O=C(c1ccn(-c2ccccc2)n1)N1CCN(S(=O)(=O)c2ccc(OC(F)(F)F)cc2)CC1. The Labute approximate surface area is 187 Å². The normalized spacial score (nSPS) is 15.4. The number of amides is 1. The Kier molecular flexibility index (Phi) is 6.13. The molecule has 1 fully saturated rings. The molecule has 1 aliphatic heterocycles. The van der Waals surface area contributed by atoms with Gasteiger partial charge in [-0.25, -0.2) is 13.1 Å². The summed E-state index contributed by atoms with van der Waals surface area (Å²) in [7, 11) is -3.93. The average molecular weight is 480 g/mol. The summed E-state index contributed by atoms with van der Waals surface area (Å²) in [4.78, 5) is 14.2. The van der Waals surface area contributed by atoms with E-state index in [9.17, 15) is 26.4 Å². The van der Waals surface area contributed by atoms with Crippen molar-refractivity contribution >= 4 is 15.9 Å². The summed E-state index contributed by atoms with van der Waals surface area (Å²) in [6.07, 6.45) is -3.18. The van der Waals surface area contributed by atoms with E-state index in [-0.39, 0.29) is 42.7 Å². The summed E-state index contributed by atoms with van der Waals surface area (Å²) in [6.45, 7) is 0.416. The molecule has 33 heavy (non-hydrogen) atoms. The van der Waals surface area contributed by atoms with Crippen LogP contribution in [0.25, 0.3) is 5.69 Å². The summed E-state index contributed by atoms with van der Waals surface area (Å²) in [5.74, 6) is -0.817. The highest BCUT2D eigenvalue weighted by atomic mass is 32.2. The van der Waals surface area contributed by atoms with Crippen molar-refractivity contribution in [1.82, 2.24) is 19.0 Å². The lowest BCUT2D eigenvalue weighted by Gasteiger charge is -2.33. The molecule has 2 aromatic carbocycles. The Morgan fingerprint density at radius 3 is 2.15 bits per heavy atom. The van der Waals surface area contributed by atoms with Gasteiger partial charge in [-0.1, -0.05) is 18.2 Å². The molecule has 0 radical (unpaired) electrons. The molecule has 0 atom stereocenters. The number of piperazine rings is 1. The average Bonchev–Trinajstić information content (AvgIpc) is 3.29. The van der Waals surface area contributed by atoms with Gasteiger partial charge in [0.05, 0.1) is 10.6 Å². The number of halogens is 3. The Morgan fingerprint density at radius 1 is 0.909 bits per heavy atom. The second-order valence-electron chi connectivity index (χ2n) is 7.20. The van der Waals surface area contributed by atoms with Crippen LogP contribution in [-0.2, 0) is 10.0 Å². The van der Waals surface area contributed by atoms with Crippen LogP contribution in [0.5, 0.6) is 5.75 Å². The summed E-state index contributed by atoms with van der Waals surface area (Å²) >= 11 is 0. The number of nitrogens with zero attached hydrogens (tertiary/aromatic N) is 4. The van der Waals surface area contributed by atoms with Gasteiger partial charge in [0.2, 0.25) is 10.0 Å². The highest BCUT2D eigenvalue weighted by Crippen LogP contribution is 2.25. The first kappa shape index (κ1) is 22.8. The van der Waals surface area contributed by atoms with Crippen LogP contribution >= 0.6 is 0 Å². The van der Waals surface area contributed by atoms with Gasteiger partial charge in [-0.05, 0) is 42.5 Å². The molecule has 0 aliphatic carbocycles. The summed E-state index contributed by atoms with van der Waals surface area (Å²) < 4.78 is 69.1. The molecule has 1 saturated heterocycles. The standard InChI is InChI=1S/C21H19F3N4O4S/c22-21(23,24)32-17-6-8-18(9-7-17)33(30,31)27-14-12-26(13-15-27)20(29)19-10-11-28(25-19)16-4-2-1-3-5-16/h1-11H,12-15H2. The van der Waals surface area contributed by atoms with Crippen LogP contribution in [0, 0.1) is 0 Å². The molecule has 0 saturated carbocycles. The first-order chi connectivity index (χ1) is 15.6. The molecule has 12 heteroatoms. The van der Waals surface area contributed by atoms with E-state index in [1.54, 1.807) is 16.9 Å². The third-order valence-electron chi connectivity index (χ3n) is 5.05. The number of para-hydroxylation sites is 1. The number of sulfonamides is 1. The quantitative estimate of drug-likeness (QED) is 0.561. The fourth-order valence-corrected chi connectivity index (χ4v) is 4.84. The Balaban J connectivity index is 1.39. The predicted octanol–water partition coefficient (Wildman–Crippen LogP) is 2.92. The van der Waals surface area contributed by atoms with E-state index in [1.165, 1.54) is 9.21 Å². The van der Waals surface area contributed by atoms with Crippen molar-refractivity contribution in [2.24, 2.45) is 0 Å². The van der Waals surface area contributed by atoms with Crippen molar-refractivity contribution in [2.45, 2.75) is 11.3 Å². The minimum atomic E-state index is -4.86.